The number of ether oxygens (including phenoxy) is 4. The minimum atomic E-state index is -0.300. The van der Waals surface area contributed by atoms with Crippen molar-refractivity contribution in [3.63, 3.8) is 0 Å². The first-order valence-corrected chi connectivity index (χ1v) is 21.5. The smallest absolute Gasteiger partial charge is 0.242 e. The topological polar surface area (TPSA) is 95.0 Å². The van der Waals surface area contributed by atoms with Gasteiger partial charge in [-0.3, -0.25) is 19.8 Å². The van der Waals surface area contributed by atoms with Gasteiger partial charge in [0.1, 0.15) is 23.7 Å². The Kier molecular flexibility index (Phi) is 10.0. The number of methoxy groups -OCH3 is 2. The monoisotopic (exact) mass is 778 g/mol. The summed E-state index contributed by atoms with van der Waals surface area (Å²) < 4.78 is 26.0. The third-order valence-corrected chi connectivity index (χ3v) is 14.3. The molecule has 0 amide bonds. The third-order valence-electron chi connectivity index (χ3n) is 14.3. The average molecular weight is 779 g/mol. The zero-order valence-corrected chi connectivity index (χ0v) is 34.1. The highest BCUT2D eigenvalue weighted by atomic mass is 16.5. The van der Waals surface area contributed by atoms with Crippen LogP contribution in [0.5, 0.6) is 23.3 Å². The van der Waals surface area contributed by atoms with E-state index < -0.39 is 0 Å². The van der Waals surface area contributed by atoms with Crippen LogP contribution in [0.25, 0.3) is 32.6 Å². The Morgan fingerprint density at radius 2 is 1.07 bits per heavy atom. The number of hydrogen-bond donors (Lipinski definition) is 0. The summed E-state index contributed by atoms with van der Waals surface area (Å²) >= 11 is 0. The van der Waals surface area contributed by atoms with Crippen LogP contribution in [0.2, 0.25) is 0 Å². The van der Waals surface area contributed by atoms with Crippen LogP contribution in [-0.2, 0) is 0 Å². The average Bonchev–Trinajstić information content (AvgIpc) is 3.29. The summed E-state index contributed by atoms with van der Waals surface area (Å²) in [6.45, 7) is 9.00. The van der Waals surface area contributed by atoms with Crippen molar-refractivity contribution in [1.82, 2.24) is 30.0 Å². The quantitative estimate of drug-likeness (QED) is 0.120. The van der Waals surface area contributed by atoms with Gasteiger partial charge in [-0.25, -0.2) is 0 Å². The van der Waals surface area contributed by atoms with Crippen LogP contribution in [0.1, 0.15) is 75.7 Å². The van der Waals surface area contributed by atoms with Crippen LogP contribution >= 0.6 is 0 Å². The summed E-state index contributed by atoms with van der Waals surface area (Å²) in [7, 11) is 3.42. The number of benzene rings is 3. The molecule has 10 atom stereocenters. The molecule has 6 aliphatic rings. The molecule has 6 aromatic rings. The van der Waals surface area contributed by atoms with Gasteiger partial charge in [0.05, 0.1) is 48.1 Å². The maximum Gasteiger partial charge on any atom is 0.242 e. The largest absolute Gasteiger partial charge is 0.497 e. The van der Waals surface area contributed by atoms with Gasteiger partial charge >= 0.3 is 0 Å². The van der Waals surface area contributed by atoms with Crippen molar-refractivity contribution in [2.45, 2.75) is 76.7 Å². The van der Waals surface area contributed by atoms with Crippen LogP contribution in [-0.4, -0.2) is 82.4 Å². The summed E-state index contributed by atoms with van der Waals surface area (Å²) in [5.74, 6) is 5.39. The standard InChI is InChI=1S/C48H54N6O4/c1-5-29-27-53-21-17-31(29)23-43(53)45(35-15-19-49-41-13-11-33(55-3)25-39(35)41)57-47-37-9-7-8-10-38(37)48(52-51-47)58-46(44-24-32-18-22-54(44)28-30(32)6-2)36-16-20-50-42-14-12-34(56-4)26-40(36)42/h7-16,19-20,25-26,29-32,43-46H,5-6,17-18,21-24,27-28H2,1-4H3/t29-,30+,31-,32+,43-,44+,45-,46+. The molecule has 9 heterocycles. The van der Waals surface area contributed by atoms with Crippen LogP contribution in [0, 0.1) is 23.7 Å². The Labute approximate surface area is 340 Å². The SMILES string of the molecule is CC[C@@H]1CN2CC[C@@H]1C[C@@H]2[C@H](Oc1nnc(O[C@@H](c2ccnc3ccc(OC)cc23)[C@@H]2C[C@@H]3CCN2C[C@@H]3CC)c2ccccc12)c1ccnc2ccc(OC)cc12. The normalized spacial score (nSPS) is 27.4. The zero-order valence-electron chi connectivity index (χ0n) is 34.1. The molecule has 10 nitrogen and oxygen atoms in total. The van der Waals surface area contributed by atoms with E-state index >= 15 is 0 Å². The van der Waals surface area contributed by atoms with Crippen molar-refractivity contribution < 1.29 is 18.9 Å². The van der Waals surface area contributed by atoms with Crippen molar-refractivity contribution in [3.05, 3.63) is 96.3 Å². The molecule has 3 aromatic carbocycles. The predicted molar refractivity (Wildman–Crippen MR) is 227 cm³/mol. The lowest BCUT2D eigenvalue weighted by atomic mass is 9.72. The van der Waals surface area contributed by atoms with E-state index in [9.17, 15) is 0 Å². The highest BCUT2D eigenvalue weighted by Gasteiger charge is 2.46. The Morgan fingerprint density at radius 3 is 1.47 bits per heavy atom. The Bertz CT molecular complexity index is 2280. The van der Waals surface area contributed by atoms with Gasteiger partial charge < -0.3 is 18.9 Å². The molecule has 2 unspecified atom stereocenters. The first-order chi connectivity index (χ1) is 28.5. The van der Waals surface area contributed by atoms with Crippen molar-refractivity contribution in [3.8, 4) is 23.3 Å². The summed E-state index contributed by atoms with van der Waals surface area (Å²) in [6, 6.07) is 25.1. The number of aromatic nitrogens is 4. The fraction of sp³-hybridized carbons (Fsp3) is 0.458. The molecule has 0 radical (unpaired) electrons. The van der Waals surface area contributed by atoms with Gasteiger partial charge in [-0.1, -0.05) is 38.8 Å². The van der Waals surface area contributed by atoms with Gasteiger partial charge in [0, 0.05) is 47.4 Å². The second kappa shape index (κ2) is 15.6. The van der Waals surface area contributed by atoms with Crippen LogP contribution < -0.4 is 18.9 Å². The lowest BCUT2D eigenvalue weighted by Gasteiger charge is -2.52. The minimum absolute atomic E-state index is 0.180. The Balaban J connectivity index is 1.06. The molecule has 300 valence electrons. The fourth-order valence-electron chi connectivity index (χ4n) is 11.1. The number of hydrogen-bond acceptors (Lipinski definition) is 10. The number of pyridine rings is 2. The van der Waals surface area contributed by atoms with Gasteiger partial charge in [-0.15, -0.1) is 10.2 Å². The molecule has 0 saturated carbocycles. The summed E-state index contributed by atoms with van der Waals surface area (Å²) in [4.78, 5) is 14.8. The first kappa shape index (κ1) is 37.2. The number of rotatable bonds is 12. The number of piperidine rings is 6. The van der Waals surface area contributed by atoms with E-state index in [1.807, 2.05) is 36.7 Å². The molecule has 0 N–H and O–H groups in total. The lowest BCUT2D eigenvalue weighted by molar-refractivity contribution is -0.0505. The van der Waals surface area contributed by atoms with Crippen LogP contribution in [0.4, 0.5) is 0 Å². The molecular formula is C48H54N6O4. The minimum Gasteiger partial charge on any atom is -0.497 e. The molecule has 58 heavy (non-hydrogen) atoms. The van der Waals surface area contributed by atoms with E-state index in [1.165, 1.54) is 25.7 Å². The second-order valence-electron chi connectivity index (χ2n) is 17.0. The molecule has 12 rings (SSSR count). The van der Waals surface area contributed by atoms with Gasteiger partial charge in [0.25, 0.3) is 0 Å². The second-order valence-corrected chi connectivity index (χ2v) is 17.0. The predicted octanol–water partition coefficient (Wildman–Crippen LogP) is 9.22. The van der Waals surface area contributed by atoms with Crippen LogP contribution in [0.3, 0.4) is 0 Å². The Hall–Kier alpha value is -5.06. The summed E-state index contributed by atoms with van der Waals surface area (Å²) in [6.07, 6.45) is 10.2. The molecular weight excluding hydrogens is 725 g/mol. The van der Waals surface area contributed by atoms with Crippen molar-refractivity contribution >= 4 is 32.6 Å². The van der Waals surface area contributed by atoms with Crippen LogP contribution in [0.15, 0.2) is 85.2 Å². The van der Waals surface area contributed by atoms with Gasteiger partial charge in [0.2, 0.25) is 11.8 Å². The molecule has 3 aromatic heterocycles. The van der Waals surface area contributed by atoms with Gasteiger partial charge in [-0.05, 0) is 123 Å². The van der Waals surface area contributed by atoms with Gasteiger partial charge in [0.15, 0.2) is 0 Å². The highest BCUT2D eigenvalue weighted by molar-refractivity contribution is 5.91. The maximum atomic E-state index is 7.30. The molecule has 4 bridgehead atoms. The third kappa shape index (κ3) is 6.58. The van der Waals surface area contributed by atoms with Crippen molar-refractivity contribution in [2.24, 2.45) is 23.7 Å². The number of nitrogens with zero attached hydrogens (tertiary/aromatic N) is 6. The fourth-order valence-corrected chi connectivity index (χ4v) is 11.1. The maximum absolute atomic E-state index is 7.30. The molecule has 6 aliphatic heterocycles. The summed E-state index contributed by atoms with van der Waals surface area (Å²) in [5, 5.41) is 13.7. The van der Waals surface area contributed by atoms with E-state index in [4.69, 9.17) is 39.1 Å². The molecule has 10 heteroatoms. The highest BCUT2D eigenvalue weighted by Crippen LogP contribution is 2.47. The molecule has 0 aliphatic carbocycles. The van der Waals surface area contributed by atoms with Crippen molar-refractivity contribution in [2.75, 3.05) is 40.4 Å². The van der Waals surface area contributed by atoms with E-state index in [2.05, 4.69) is 72.2 Å². The molecule has 6 saturated heterocycles. The lowest BCUT2D eigenvalue weighted by Crippen LogP contribution is -2.56. The van der Waals surface area contributed by atoms with E-state index in [1.54, 1.807) is 14.2 Å². The van der Waals surface area contributed by atoms with E-state index in [0.717, 1.165) is 94.2 Å². The van der Waals surface area contributed by atoms with E-state index in [-0.39, 0.29) is 24.3 Å². The zero-order chi connectivity index (χ0) is 39.3. The summed E-state index contributed by atoms with van der Waals surface area (Å²) in [5.41, 5.74) is 4.01. The van der Waals surface area contributed by atoms with Crippen molar-refractivity contribution in [1.29, 1.82) is 0 Å². The molecule has 0 spiro atoms. The Morgan fingerprint density at radius 1 is 0.603 bits per heavy atom. The van der Waals surface area contributed by atoms with Gasteiger partial charge in [-0.2, -0.15) is 0 Å². The molecule has 6 fully saturated rings. The van der Waals surface area contributed by atoms with E-state index in [0.29, 0.717) is 35.4 Å². The number of fused-ring (bicyclic) bond motifs is 9. The first-order valence-electron chi connectivity index (χ1n) is 21.5.